The molecule has 6 rings (SSSR count). The van der Waals surface area contributed by atoms with Crippen molar-refractivity contribution in [2.75, 3.05) is 25.1 Å². The lowest BCUT2D eigenvalue weighted by molar-refractivity contribution is -0.127. The number of ketones is 1. The van der Waals surface area contributed by atoms with E-state index in [0.29, 0.717) is 48.7 Å². The maximum Gasteiger partial charge on any atom is 0.338 e. The summed E-state index contributed by atoms with van der Waals surface area (Å²) in [6.45, 7) is 4.41. The first kappa shape index (κ1) is 36.5. The van der Waals surface area contributed by atoms with Crippen LogP contribution in [0.15, 0.2) is 140 Å². The summed E-state index contributed by atoms with van der Waals surface area (Å²) in [5, 5.41) is 6.86. The van der Waals surface area contributed by atoms with Crippen LogP contribution in [0, 0.1) is 5.92 Å². The molecule has 0 aliphatic rings. The highest BCUT2D eigenvalue weighted by Gasteiger charge is 2.24. The maximum absolute atomic E-state index is 13.6. The predicted octanol–water partition coefficient (Wildman–Crippen LogP) is 8.91. The summed E-state index contributed by atoms with van der Waals surface area (Å²) in [4.78, 5) is 39.9. The van der Waals surface area contributed by atoms with Gasteiger partial charge in [-0.05, 0) is 76.8 Å². The Morgan fingerprint density at radius 3 is 2.04 bits per heavy atom. The second-order valence-electron chi connectivity index (χ2n) is 12.7. The van der Waals surface area contributed by atoms with Crippen LogP contribution in [-0.2, 0) is 20.9 Å². The lowest BCUT2D eigenvalue weighted by Gasteiger charge is -2.20. The molecule has 0 aliphatic heterocycles. The third kappa shape index (κ3) is 9.16. The zero-order valence-electron chi connectivity index (χ0n) is 29.5. The molecule has 8 heteroatoms. The van der Waals surface area contributed by atoms with Crippen LogP contribution >= 0.6 is 0 Å². The minimum absolute atomic E-state index is 0.0461. The number of carbonyl (C=O) groups excluding carboxylic acids is 3. The number of anilines is 1. The van der Waals surface area contributed by atoms with Crippen molar-refractivity contribution in [3.8, 4) is 22.6 Å². The monoisotopic (exact) mass is 706 g/mol. The van der Waals surface area contributed by atoms with Crippen molar-refractivity contribution >= 4 is 44.9 Å². The summed E-state index contributed by atoms with van der Waals surface area (Å²) in [6.07, 6.45) is 2.62. The average Bonchev–Trinajstić information content (AvgIpc) is 3.20. The average molecular weight is 707 g/mol. The van der Waals surface area contributed by atoms with Crippen LogP contribution in [0.1, 0.15) is 35.2 Å². The van der Waals surface area contributed by atoms with E-state index in [9.17, 15) is 14.4 Å². The van der Waals surface area contributed by atoms with Crippen molar-refractivity contribution < 1.29 is 28.6 Å². The van der Waals surface area contributed by atoms with Crippen molar-refractivity contribution in [2.45, 2.75) is 25.9 Å². The van der Waals surface area contributed by atoms with Crippen LogP contribution in [0.5, 0.6) is 11.5 Å². The number of amides is 1. The van der Waals surface area contributed by atoms with Gasteiger partial charge < -0.3 is 25.3 Å². The normalized spacial score (nSPS) is 11.5. The van der Waals surface area contributed by atoms with Crippen LogP contribution < -0.4 is 20.5 Å². The second-order valence-corrected chi connectivity index (χ2v) is 12.7. The van der Waals surface area contributed by atoms with Gasteiger partial charge in [-0.15, -0.1) is 0 Å². The first-order valence-corrected chi connectivity index (χ1v) is 17.7. The van der Waals surface area contributed by atoms with Gasteiger partial charge in [0.2, 0.25) is 5.91 Å². The summed E-state index contributed by atoms with van der Waals surface area (Å²) in [6, 6.07) is 39.9. The van der Waals surface area contributed by atoms with Gasteiger partial charge in [-0.25, -0.2) is 4.79 Å². The molecule has 0 aliphatic carbocycles. The van der Waals surface area contributed by atoms with Gasteiger partial charge in [0.25, 0.3) is 0 Å². The molecular formula is C45H42N2O6. The fraction of sp³-hybridized carbons (Fsp3) is 0.178. The lowest BCUT2D eigenvalue weighted by Crippen LogP contribution is -2.27. The van der Waals surface area contributed by atoms with Crippen LogP contribution in [0.25, 0.3) is 32.7 Å². The molecule has 0 saturated carbocycles. The number of Topliss-reactive ketones (excluding diaryl/α,β-unsaturated/α-hetero) is 1. The third-order valence-corrected chi connectivity index (χ3v) is 8.96. The second kappa shape index (κ2) is 17.8. The minimum Gasteiger partial charge on any atom is -0.489 e. The Kier molecular flexibility index (Phi) is 12.3. The molecule has 0 heterocycles. The summed E-state index contributed by atoms with van der Waals surface area (Å²) >= 11 is 0. The third-order valence-electron chi connectivity index (χ3n) is 8.96. The smallest absolute Gasteiger partial charge is 0.338 e. The van der Waals surface area contributed by atoms with Gasteiger partial charge in [0, 0.05) is 29.2 Å². The van der Waals surface area contributed by atoms with Crippen molar-refractivity contribution in [1.29, 1.82) is 0 Å². The van der Waals surface area contributed by atoms with Gasteiger partial charge in [-0.1, -0.05) is 110 Å². The summed E-state index contributed by atoms with van der Waals surface area (Å²) in [5.74, 6) is -0.545. The maximum atomic E-state index is 13.6. The zero-order valence-corrected chi connectivity index (χ0v) is 29.5. The molecule has 0 aromatic heterocycles. The summed E-state index contributed by atoms with van der Waals surface area (Å²) in [5.41, 5.74) is 9.08. The number of nitrogens with two attached hydrogens (primary N) is 1. The highest BCUT2D eigenvalue weighted by atomic mass is 16.5. The predicted molar refractivity (Wildman–Crippen MR) is 210 cm³/mol. The molecule has 6 aromatic rings. The van der Waals surface area contributed by atoms with Crippen LogP contribution in [0.4, 0.5) is 5.69 Å². The molecule has 1 atom stereocenters. The molecule has 53 heavy (non-hydrogen) atoms. The molecule has 0 fully saturated rings. The SMILES string of the molecule is C=CCOc1ccc2ccccc2c1-c1c(OCC(=O)C[C@H](CCCN)C(=O)Nc2cccc(C(=O)OCc3ccccc3)c2)ccc2ccccc12. The number of rotatable bonds is 17. The van der Waals surface area contributed by atoms with Gasteiger partial charge in [-0.2, -0.15) is 0 Å². The molecule has 6 aromatic carbocycles. The highest BCUT2D eigenvalue weighted by molar-refractivity contribution is 6.10. The van der Waals surface area contributed by atoms with Gasteiger partial charge in [0.05, 0.1) is 5.56 Å². The molecule has 0 unspecified atom stereocenters. The molecule has 0 saturated heterocycles. The Hall–Kier alpha value is -6.25. The highest BCUT2D eigenvalue weighted by Crippen LogP contribution is 2.45. The van der Waals surface area contributed by atoms with E-state index in [1.165, 1.54) is 0 Å². The number of fused-ring (bicyclic) bond motifs is 2. The molecule has 8 nitrogen and oxygen atoms in total. The number of esters is 1. The topological polar surface area (TPSA) is 117 Å². The number of benzene rings is 6. The van der Waals surface area contributed by atoms with Gasteiger partial charge in [-0.3, -0.25) is 9.59 Å². The fourth-order valence-electron chi connectivity index (χ4n) is 6.36. The molecular weight excluding hydrogens is 665 g/mol. The van der Waals surface area contributed by atoms with Crippen LogP contribution in [-0.4, -0.2) is 37.4 Å². The zero-order chi connectivity index (χ0) is 37.0. The largest absolute Gasteiger partial charge is 0.489 e. The number of hydrogen-bond acceptors (Lipinski definition) is 7. The summed E-state index contributed by atoms with van der Waals surface area (Å²) < 4.78 is 18.0. The molecule has 1 amide bonds. The minimum atomic E-state index is -0.656. The molecule has 0 radical (unpaired) electrons. The molecule has 268 valence electrons. The summed E-state index contributed by atoms with van der Waals surface area (Å²) in [7, 11) is 0. The number of ether oxygens (including phenoxy) is 3. The van der Waals surface area contributed by atoms with Gasteiger partial charge in [0.15, 0.2) is 5.78 Å². The molecule has 0 spiro atoms. The number of carbonyl (C=O) groups is 3. The molecule has 0 bridgehead atoms. The van der Waals surface area contributed by atoms with E-state index in [2.05, 4.69) is 11.9 Å². The van der Waals surface area contributed by atoms with E-state index in [4.69, 9.17) is 19.9 Å². The Morgan fingerprint density at radius 2 is 1.38 bits per heavy atom. The molecule has 3 N–H and O–H groups in total. The van der Waals surface area contributed by atoms with Crippen LogP contribution in [0.2, 0.25) is 0 Å². The number of hydrogen-bond donors (Lipinski definition) is 2. The van der Waals surface area contributed by atoms with E-state index in [1.54, 1.807) is 30.3 Å². The Labute approximate surface area is 309 Å². The van der Waals surface area contributed by atoms with E-state index >= 15 is 0 Å². The van der Waals surface area contributed by atoms with Crippen LogP contribution in [0.3, 0.4) is 0 Å². The lowest BCUT2D eigenvalue weighted by atomic mass is 9.92. The first-order valence-electron chi connectivity index (χ1n) is 17.7. The van der Waals surface area contributed by atoms with Crippen molar-refractivity contribution in [2.24, 2.45) is 11.7 Å². The van der Waals surface area contributed by atoms with Gasteiger partial charge in [0.1, 0.15) is 31.3 Å². The van der Waals surface area contributed by atoms with Crippen molar-refractivity contribution in [3.63, 3.8) is 0 Å². The standard InChI is InChI=1S/C45H42N2O6/c1-2-26-51-40-23-21-32-14-6-8-19-38(32)42(40)43-39-20-9-7-15-33(39)22-24-41(43)52-30-37(48)28-34(17-11-25-46)44(49)47-36-18-10-16-35(27-36)45(50)53-29-31-12-4-3-5-13-31/h2-10,12-16,18-24,27,34H,1,11,17,25-26,28-30,46H2,(H,47,49)/t34-/m0/s1. The van der Waals surface area contributed by atoms with Crippen molar-refractivity contribution in [1.82, 2.24) is 0 Å². The van der Waals surface area contributed by atoms with Gasteiger partial charge >= 0.3 is 5.97 Å². The van der Waals surface area contributed by atoms with Crippen molar-refractivity contribution in [3.05, 3.63) is 151 Å². The number of nitrogens with one attached hydrogen (secondary N) is 1. The van der Waals surface area contributed by atoms with E-state index in [1.807, 2.05) is 103 Å². The van der Waals surface area contributed by atoms with E-state index < -0.39 is 11.9 Å². The Balaban J connectivity index is 1.20. The quantitative estimate of drug-likeness (QED) is 0.0719. The fourth-order valence-corrected chi connectivity index (χ4v) is 6.36. The Bertz CT molecular complexity index is 2230. The first-order chi connectivity index (χ1) is 25.9. The van der Waals surface area contributed by atoms with E-state index in [0.717, 1.165) is 38.2 Å². The Morgan fingerprint density at radius 1 is 0.736 bits per heavy atom. The van der Waals surface area contributed by atoms with E-state index in [-0.39, 0.29) is 31.3 Å².